The van der Waals surface area contributed by atoms with Crippen molar-refractivity contribution in [1.82, 2.24) is 0 Å². The summed E-state index contributed by atoms with van der Waals surface area (Å²) in [7, 11) is 0. The Balaban J connectivity index is 2.66. The van der Waals surface area contributed by atoms with E-state index in [2.05, 4.69) is 0 Å². The highest BCUT2D eigenvalue weighted by Gasteiger charge is 1.68. The van der Waals surface area contributed by atoms with E-state index in [0.29, 0.717) is 12.7 Å². The van der Waals surface area contributed by atoms with Gasteiger partial charge in [0.05, 0.1) is 0 Å². The molecule has 0 aromatic heterocycles. The minimum absolute atomic E-state index is 0.0682. The Labute approximate surface area is 36.7 Å². The third-order valence-corrected chi connectivity index (χ3v) is 0.392. The van der Waals surface area contributed by atoms with Gasteiger partial charge in [-0.25, -0.2) is 0 Å². The summed E-state index contributed by atoms with van der Waals surface area (Å²) in [5.41, 5.74) is 0. The standard InChI is InChI=1S/C4H7O2/c5-3-1-2-4-6/h1,3,6H,2,4H2. The molecule has 0 aromatic rings. The lowest BCUT2D eigenvalue weighted by molar-refractivity contribution is 0.297. The SMILES string of the molecule is [O]C=CCCO. The van der Waals surface area contributed by atoms with Crippen molar-refractivity contribution in [3.63, 3.8) is 0 Å². The molecule has 0 heterocycles. The maximum absolute atomic E-state index is 9.40. The Bertz CT molecular complexity index is 40.8. The maximum atomic E-state index is 9.40. The smallest absolute Gasteiger partial charge is 0.138 e. The largest absolute Gasteiger partial charge is 0.396 e. The molecule has 0 aliphatic carbocycles. The molecule has 2 nitrogen and oxygen atoms in total. The van der Waals surface area contributed by atoms with Crippen LogP contribution < -0.4 is 0 Å². The molecule has 0 unspecified atom stereocenters. The number of aliphatic hydroxyl groups excluding tert-OH is 1. The second kappa shape index (κ2) is 4.50. The normalized spacial score (nSPS) is 10.2. The quantitative estimate of drug-likeness (QED) is 0.484. The van der Waals surface area contributed by atoms with Crippen molar-refractivity contribution in [2.45, 2.75) is 6.42 Å². The van der Waals surface area contributed by atoms with Crippen LogP contribution in [0.1, 0.15) is 6.42 Å². The van der Waals surface area contributed by atoms with E-state index in [1.54, 1.807) is 0 Å². The van der Waals surface area contributed by atoms with Crippen LogP contribution in [0.4, 0.5) is 0 Å². The second-order valence-corrected chi connectivity index (χ2v) is 0.884. The van der Waals surface area contributed by atoms with Crippen LogP contribution >= 0.6 is 0 Å². The Kier molecular flexibility index (Phi) is 4.12. The van der Waals surface area contributed by atoms with Crippen LogP contribution in [0.25, 0.3) is 0 Å². The van der Waals surface area contributed by atoms with Gasteiger partial charge in [0, 0.05) is 6.61 Å². The lowest BCUT2D eigenvalue weighted by atomic mass is 10.5. The van der Waals surface area contributed by atoms with Crippen LogP contribution in [0.3, 0.4) is 0 Å². The zero-order chi connectivity index (χ0) is 4.83. The first-order chi connectivity index (χ1) is 2.91. The molecule has 0 amide bonds. The van der Waals surface area contributed by atoms with Gasteiger partial charge < -0.3 is 5.11 Å². The van der Waals surface area contributed by atoms with Crippen LogP contribution in [-0.2, 0) is 5.11 Å². The van der Waals surface area contributed by atoms with Gasteiger partial charge in [-0.05, 0) is 12.5 Å². The lowest BCUT2D eigenvalue weighted by Gasteiger charge is -1.74. The Hall–Kier alpha value is -0.500. The fourth-order valence-corrected chi connectivity index (χ4v) is 0.143. The molecule has 0 aliphatic rings. The predicted molar refractivity (Wildman–Crippen MR) is 21.5 cm³/mol. The Morgan fingerprint density at radius 1 is 1.67 bits per heavy atom. The first kappa shape index (κ1) is 5.50. The summed E-state index contributed by atoms with van der Waals surface area (Å²) in [5, 5.41) is 17.4. The minimum atomic E-state index is 0.0682. The van der Waals surface area contributed by atoms with Crippen molar-refractivity contribution in [3.8, 4) is 0 Å². The van der Waals surface area contributed by atoms with Crippen LogP contribution in [0, 0.1) is 0 Å². The van der Waals surface area contributed by atoms with E-state index < -0.39 is 0 Å². The number of rotatable bonds is 2. The topological polar surface area (TPSA) is 40.1 Å². The molecule has 0 atom stereocenters. The molecule has 0 saturated heterocycles. The van der Waals surface area contributed by atoms with Gasteiger partial charge in [-0.1, -0.05) is 0 Å². The molecule has 0 bridgehead atoms. The molecule has 0 rings (SSSR count). The van der Waals surface area contributed by atoms with Gasteiger partial charge >= 0.3 is 0 Å². The third kappa shape index (κ3) is 3.50. The van der Waals surface area contributed by atoms with Crippen molar-refractivity contribution < 1.29 is 10.2 Å². The number of hydrogen-bond acceptors (Lipinski definition) is 1. The molecule has 0 spiro atoms. The summed E-state index contributed by atoms with van der Waals surface area (Å²) in [4.78, 5) is 0. The van der Waals surface area contributed by atoms with E-state index in [9.17, 15) is 5.11 Å². The van der Waals surface area contributed by atoms with E-state index in [4.69, 9.17) is 5.11 Å². The van der Waals surface area contributed by atoms with Crippen LogP contribution in [0.2, 0.25) is 0 Å². The summed E-state index contributed by atoms with van der Waals surface area (Å²) in [6.07, 6.45) is 2.53. The van der Waals surface area contributed by atoms with Crippen LogP contribution in [0.15, 0.2) is 12.3 Å². The fraction of sp³-hybridized carbons (Fsp3) is 0.500. The minimum Gasteiger partial charge on any atom is -0.396 e. The summed E-state index contributed by atoms with van der Waals surface area (Å²) in [6, 6.07) is 0. The molecule has 0 saturated carbocycles. The molecule has 2 heteroatoms. The van der Waals surface area contributed by atoms with Crippen molar-refractivity contribution >= 4 is 0 Å². The van der Waals surface area contributed by atoms with E-state index in [0.717, 1.165) is 0 Å². The molecule has 0 fully saturated rings. The van der Waals surface area contributed by atoms with Crippen molar-refractivity contribution in [3.05, 3.63) is 12.3 Å². The average Bonchev–Trinajstić information content (AvgIpc) is 1.61. The molecule has 1 N–H and O–H groups in total. The van der Waals surface area contributed by atoms with Crippen molar-refractivity contribution in [1.29, 1.82) is 0 Å². The highest BCUT2D eigenvalue weighted by molar-refractivity contribution is 4.69. The highest BCUT2D eigenvalue weighted by atomic mass is 16.3. The van der Waals surface area contributed by atoms with Crippen LogP contribution in [0.5, 0.6) is 0 Å². The van der Waals surface area contributed by atoms with Gasteiger partial charge in [0.15, 0.2) is 0 Å². The van der Waals surface area contributed by atoms with Gasteiger partial charge in [0.2, 0.25) is 0 Å². The lowest BCUT2D eigenvalue weighted by Crippen LogP contribution is -1.73. The molecule has 35 valence electrons. The average molecular weight is 87.1 g/mol. The van der Waals surface area contributed by atoms with Gasteiger partial charge in [-0.3, -0.25) is 5.11 Å². The summed E-state index contributed by atoms with van der Waals surface area (Å²) in [5.74, 6) is 0. The van der Waals surface area contributed by atoms with Gasteiger partial charge in [-0.2, -0.15) is 0 Å². The van der Waals surface area contributed by atoms with E-state index >= 15 is 0 Å². The van der Waals surface area contributed by atoms with E-state index in [1.807, 2.05) is 0 Å². The van der Waals surface area contributed by atoms with Gasteiger partial charge in [0.1, 0.15) is 6.26 Å². The van der Waals surface area contributed by atoms with Crippen molar-refractivity contribution in [2.75, 3.05) is 6.61 Å². The summed E-state index contributed by atoms with van der Waals surface area (Å²) >= 11 is 0. The zero-order valence-electron chi connectivity index (χ0n) is 3.42. The molecule has 6 heavy (non-hydrogen) atoms. The van der Waals surface area contributed by atoms with Crippen molar-refractivity contribution in [2.24, 2.45) is 0 Å². The molecular weight excluding hydrogens is 80.0 g/mol. The van der Waals surface area contributed by atoms with Gasteiger partial charge in [-0.15, -0.1) is 0 Å². The zero-order valence-corrected chi connectivity index (χ0v) is 3.42. The third-order valence-electron chi connectivity index (χ3n) is 0.392. The second-order valence-electron chi connectivity index (χ2n) is 0.884. The van der Waals surface area contributed by atoms with E-state index in [1.165, 1.54) is 6.08 Å². The summed E-state index contributed by atoms with van der Waals surface area (Å²) < 4.78 is 0. The molecule has 1 radical (unpaired) electrons. The first-order valence-electron chi connectivity index (χ1n) is 1.79. The van der Waals surface area contributed by atoms with E-state index in [-0.39, 0.29) is 6.61 Å². The highest BCUT2D eigenvalue weighted by Crippen LogP contribution is 1.74. The number of hydrogen-bond donors (Lipinski definition) is 1. The predicted octanol–water partition coefficient (Wildman–Crippen LogP) is 0.313. The molecule has 0 aliphatic heterocycles. The monoisotopic (exact) mass is 87.0 g/mol. The molecular formula is C4H7O2. The fourth-order valence-electron chi connectivity index (χ4n) is 0.143. The van der Waals surface area contributed by atoms with Crippen LogP contribution in [-0.4, -0.2) is 11.7 Å². The number of aliphatic hydroxyl groups is 1. The van der Waals surface area contributed by atoms with Gasteiger partial charge in [0.25, 0.3) is 0 Å². The summed E-state index contributed by atoms with van der Waals surface area (Å²) in [6.45, 7) is 0.0682. The molecule has 0 aromatic carbocycles. The Morgan fingerprint density at radius 3 is 2.50 bits per heavy atom. The Morgan fingerprint density at radius 2 is 2.33 bits per heavy atom. The first-order valence-corrected chi connectivity index (χ1v) is 1.79. The maximum Gasteiger partial charge on any atom is 0.138 e.